The third-order valence-electron chi connectivity index (χ3n) is 1.37. The van der Waals surface area contributed by atoms with E-state index >= 15 is 0 Å². The summed E-state index contributed by atoms with van der Waals surface area (Å²) in [5, 5.41) is 6.14. The van der Waals surface area contributed by atoms with E-state index < -0.39 is 0 Å². The highest BCUT2D eigenvalue weighted by molar-refractivity contribution is 5.61. The van der Waals surface area contributed by atoms with E-state index in [2.05, 4.69) is 12.0 Å². The molecule has 0 bridgehead atoms. The summed E-state index contributed by atoms with van der Waals surface area (Å²) in [4.78, 5) is 0. The van der Waals surface area contributed by atoms with Gasteiger partial charge in [-0.05, 0) is 0 Å². The van der Waals surface area contributed by atoms with Crippen LogP contribution in [0.4, 0.5) is 0 Å². The predicted molar refractivity (Wildman–Crippen MR) is 38.3 cm³/mol. The summed E-state index contributed by atoms with van der Waals surface area (Å²) in [5.41, 5.74) is 5.34. The van der Waals surface area contributed by atoms with Crippen LogP contribution in [0.25, 0.3) is 0 Å². The Morgan fingerprint density at radius 2 is 2.67 bits per heavy atom. The number of hydrogen-bond acceptors (Lipinski definition) is 3. The molecule has 1 heterocycles. The van der Waals surface area contributed by atoms with Gasteiger partial charge in [0.1, 0.15) is 0 Å². The van der Waals surface area contributed by atoms with Crippen LogP contribution >= 0.6 is 0 Å². The first-order valence-electron chi connectivity index (χ1n) is 3.32. The maximum Gasteiger partial charge on any atom is 0.0483 e. The molecule has 1 aliphatic heterocycles. The van der Waals surface area contributed by atoms with Crippen LogP contribution in [0.5, 0.6) is 0 Å². The maximum absolute atomic E-state index is 5.34. The van der Waals surface area contributed by atoms with Gasteiger partial charge in [0.2, 0.25) is 0 Å². The molecule has 2 N–H and O–H groups in total. The number of nitrogens with zero attached hydrogens (tertiary/aromatic N) is 2. The molecule has 0 aromatic heterocycles. The molecule has 3 nitrogen and oxygen atoms in total. The van der Waals surface area contributed by atoms with Crippen molar-refractivity contribution < 1.29 is 0 Å². The molecule has 0 aromatic rings. The molecule has 0 aliphatic carbocycles. The highest BCUT2D eigenvalue weighted by Gasteiger charge is 2.10. The first kappa shape index (κ1) is 6.55. The zero-order valence-corrected chi connectivity index (χ0v) is 5.75. The molecule has 1 atom stereocenters. The van der Waals surface area contributed by atoms with Gasteiger partial charge in [0, 0.05) is 31.8 Å². The van der Waals surface area contributed by atoms with Crippen LogP contribution < -0.4 is 5.73 Å². The Bertz CT molecular complexity index is 111. The number of nitrogens with two attached hydrogens (primary N) is 1. The molecule has 0 radical (unpaired) electrons. The third kappa shape index (κ3) is 1.68. The van der Waals surface area contributed by atoms with Crippen molar-refractivity contribution in [1.82, 2.24) is 5.01 Å². The van der Waals surface area contributed by atoms with Crippen molar-refractivity contribution in [3.8, 4) is 0 Å². The fraction of sp³-hybridized carbons (Fsp3) is 0.833. The van der Waals surface area contributed by atoms with Crippen molar-refractivity contribution in [1.29, 1.82) is 0 Å². The Morgan fingerprint density at radius 3 is 3.11 bits per heavy atom. The monoisotopic (exact) mass is 127 g/mol. The molecule has 0 saturated heterocycles. The van der Waals surface area contributed by atoms with Crippen molar-refractivity contribution in [2.24, 2.45) is 16.8 Å². The smallest absolute Gasteiger partial charge is 0.0483 e. The van der Waals surface area contributed by atoms with Crippen molar-refractivity contribution in [2.75, 3.05) is 19.6 Å². The second-order valence-corrected chi connectivity index (χ2v) is 2.44. The minimum absolute atomic E-state index is 0.608. The highest BCUT2D eigenvalue weighted by atomic mass is 15.5. The molecule has 1 aliphatic rings. The first-order valence-corrected chi connectivity index (χ1v) is 3.32. The van der Waals surface area contributed by atoms with Gasteiger partial charge in [-0.3, -0.25) is 5.01 Å². The summed E-state index contributed by atoms with van der Waals surface area (Å²) in [5.74, 6) is 0.608. The normalized spacial score (nSPS) is 25.6. The van der Waals surface area contributed by atoms with Gasteiger partial charge >= 0.3 is 0 Å². The van der Waals surface area contributed by atoms with Crippen molar-refractivity contribution >= 4 is 6.21 Å². The van der Waals surface area contributed by atoms with Gasteiger partial charge in [0.25, 0.3) is 0 Å². The fourth-order valence-corrected chi connectivity index (χ4v) is 0.933. The summed E-state index contributed by atoms with van der Waals surface area (Å²) in [7, 11) is 0. The van der Waals surface area contributed by atoms with E-state index in [4.69, 9.17) is 5.73 Å². The van der Waals surface area contributed by atoms with E-state index in [0.29, 0.717) is 12.5 Å². The standard InChI is InChI=1S/C6H13N3/c1-6-4-8-9(5-6)3-2-7/h4,6H,2-3,5,7H2,1H3. The van der Waals surface area contributed by atoms with Crippen LogP contribution in [0.2, 0.25) is 0 Å². The Morgan fingerprint density at radius 1 is 1.89 bits per heavy atom. The molecule has 0 aromatic carbocycles. The molecular weight excluding hydrogens is 114 g/mol. The lowest BCUT2D eigenvalue weighted by Crippen LogP contribution is -2.24. The van der Waals surface area contributed by atoms with E-state index in [9.17, 15) is 0 Å². The molecule has 0 saturated carbocycles. The Labute approximate surface area is 55.5 Å². The lowest BCUT2D eigenvalue weighted by atomic mass is 10.2. The molecule has 0 spiro atoms. The molecule has 1 rings (SSSR count). The van der Waals surface area contributed by atoms with Crippen LogP contribution in [-0.2, 0) is 0 Å². The topological polar surface area (TPSA) is 41.6 Å². The van der Waals surface area contributed by atoms with E-state index in [1.807, 2.05) is 11.2 Å². The summed E-state index contributed by atoms with van der Waals surface area (Å²) in [6.07, 6.45) is 1.97. The van der Waals surface area contributed by atoms with Crippen LogP contribution in [0.15, 0.2) is 5.10 Å². The van der Waals surface area contributed by atoms with E-state index in [-0.39, 0.29) is 0 Å². The van der Waals surface area contributed by atoms with Gasteiger partial charge in [-0.25, -0.2) is 0 Å². The zero-order valence-electron chi connectivity index (χ0n) is 5.75. The van der Waals surface area contributed by atoms with Crippen molar-refractivity contribution in [2.45, 2.75) is 6.92 Å². The second kappa shape index (κ2) is 2.82. The van der Waals surface area contributed by atoms with Gasteiger partial charge in [-0.15, -0.1) is 0 Å². The molecule has 9 heavy (non-hydrogen) atoms. The van der Waals surface area contributed by atoms with Crippen molar-refractivity contribution in [3.05, 3.63) is 0 Å². The molecular formula is C6H13N3. The second-order valence-electron chi connectivity index (χ2n) is 2.44. The van der Waals surface area contributed by atoms with Gasteiger partial charge in [-0.2, -0.15) is 5.10 Å². The third-order valence-corrected chi connectivity index (χ3v) is 1.37. The predicted octanol–water partition coefficient (Wildman–Crippen LogP) is -0.117. The van der Waals surface area contributed by atoms with E-state index in [0.717, 1.165) is 13.1 Å². The zero-order chi connectivity index (χ0) is 6.69. The number of hydrogen-bond donors (Lipinski definition) is 1. The SMILES string of the molecule is CC1C=NN(CCN)C1. The first-order chi connectivity index (χ1) is 4.33. The van der Waals surface area contributed by atoms with E-state index in [1.165, 1.54) is 0 Å². The molecule has 52 valence electrons. The molecule has 0 fully saturated rings. The van der Waals surface area contributed by atoms with Gasteiger partial charge in [-0.1, -0.05) is 6.92 Å². The maximum atomic E-state index is 5.34. The van der Waals surface area contributed by atoms with Crippen LogP contribution in [0, 0.1) is 5.92 Å². The van der Waals surface area contributed by atoms with Crippen LogP contribution in [0.3, 0.4) is 0 Å². The summed E-state index contributed by atoms with van der Waals surface area (Å²) in [6, 6.07) is 0. The summed E-state index contributed by atoms with van der Waals surface area (Å²) >= 11 is 0. The Kier molecular flexibility index (Phi) is 2.05. The Balaban J connectivity index is 2.24. The average molecular weight is 127 g/mol. The van der Waals surface area contributed by atoms with Gasteiger partial charge in [0.05, 0.1) is 0 Å². The van der Waals surface area contributed by atoms with Gasteiger partial charge < -0.3 is 5.73 Å². The number of rotatable bonds is 2. The summed E-state index contributed by atoms with van der Waals surface area (Å²) in [6.45, 7) is 4.78. The van der Waals surface area contributed by atoms with Crippen molar-refractivity contribution in [3.63, 3.8) is 0 Å². The Hall–Kier alpha value is -0.570. The molecule has 3 heteroatoms. The quantitative estimate of drug-likeness (QED) is 0.562. The minimum atomic E-state index is 0.608. The van der Waals surface area contributed by atoms with E-state index in [1.54, 1.807) is 0 Å². The lowest BCUT2D eigenvalue weighted by molar-refractivity contribution is 0.308. The number of hydrazone groups is 1. The molecule has 1 unspecified atom stereocenters. The van der Waals surface area contributed by atoms with Crippen LogP contribution in [-0.4, -0.2) is 30.9 Å². The highest BCUT2D eigenvalue weighted by Crippen LogP contribution is 2.04. The minimum Gasteiger partial charge on any atom is -0.329 e. The summed E-state index contributed by atoms with van der Waals surface area (Å²) < 4.78 is 0. The average Bonchev–Trinajstić information content (AvgIpc) is 2.17. The molecule has 0 amide bonds. The fourth-order valence-electron chi connectivity index (χ4n) is 0.933. The van der Waals surface area contributed by atoms with Gasteiger partial charge in [0.15, 0.2) is 0 Å². The largest absolute Gasteiger partial charge is 0.329 e. The van der Waals surface area contributed by atoms with Crippen LogP contribution in [0.1, 0.15) is 6.92 Å². The lowest BCUT2D eigenvalue weighted by Gasteiger charge is -2.11.